The molecular weight excluding hydrogens is 200 g/mol. The summed E-state index contributed by atoms with van der Waals surface area (Å²) in [7, 11) is 0. The van der Waals surface area contributed by atoms with Crippen LogP contribution in [0.15, 0.2) is 42.5 Å². The van der Waals surface area contributed by atoms with Crippen molar-refractivity contribution in [3.63, 3.8) is 0 Å². The Labute approximate surface area is 93.7 Å². The molecule has 0 radical (unpaired) electrons. The van der Waals surface area contributed by atoms with E-state index in [1.54, 1.807) is 4.90 Å². The maximum Gasteiger partial charge on any atom is 0.322 e. The van der Waals surface area contributed by atoms with Crippen molar-refractivity contribution in [1.29, 1.82) is 0 Å². The van der Waals surface area contributed by atoms with Crippen molar-refractivity contribution >= 4 is 22.5 Å². The first-order valence-electron chi connectivity index (χ1n) is 5.39. The predicted molar refractivity (Wildman–Crippen MR) is 64.7 cm³/mol. The van der Waals surface area contributed by atoms with Crippen molar-refractivity contribution in [3.05, 3.63) is 42.5 Å². The summed E-state index contributed by atoms with van der Waals surface area (Å²) in [6.45, 7) is 1.47. The third-order valence-corrected chi connectivity index (χ3v) is 2.91. The third kappa shape index (κ3) is 1.33. The molecule has 0 unspecified atom stereocenters. The Kier molecular flexibility index (Phi) is 2.03. The number of hydrogen-bond donors (Lipinski definition) is 1. The molecule has 3 rings (SSSR count). The van der Waals surface area contributed by atoms with Crippen LogP contribution in [-0.2, 0) is 0 Å². The van der Waals surface area contributed by atoms with Crippen molar-refractivity contribution in [1.82, 2.24) is 5.32 Å². The molecule has 0 aliphatic carbocycles. The summed E-state index contributed by atoms with van der Waals surface area (Å²) in [4.78, 5) is 13.4. The van der Waals surface area contributed by atoms with Crippen molar-refractivity contribution in [3.8, 4) is 0 Å². The highest BCUT2D eigenvalue weighted by Crippen LogP contribution is 2.27. The van der Waals surface area contributed by atoms with Gasteiger partial charge in [-0.2, -0.15) is 0 Å². The lowest BCUT2D eigenvalue weighted by atomic mass is 10.1. The minimum atomic E-state index is -0.00338. The molecule has 1 N–H and O–H groups in total. The lowest BCUT2D eigenvalue weighted by molar-refractivity contribution is 0.252. The molecule has 3 heteroatoms. The SMILES string of the molecule is O=C1NCCN1c1cccc2ccccc12. The number of amides is 2. The Morgan fingerprint density at radius 1 is 1.06 bits per heavy atom. The molecule has 1 aliphatic rings. The van der Waals surface area contributed by atoms with Gasteiger partial charge in [0.2, 0.25) is 0 Å². The zero-order chi connectivity index (χ0) is 11.0. The first-order chi connectivity index (χ1) is 7.86. The van der Waals surface area contributed by atoms with E-state index in [9.17, 15) is 4.79 Å². The van der Waals surface area contributed by atoms with E-state index >= 15 is 0 Å². The molecule has 1 aliphatic heterocycles. The molecule has 1 fully saturated rings. The van der Waals surface area contributed by atoms with Gasteiger partial charge in [0.05, 0.1) is 5.69 Å². The topological polar surface area (TPSA) is 32.3 Å². The molecule has 2 aromatic rings. The largest absolute Gasteiger partial charge is 0.336 e. The average molecular weight is 212 g/mol. The minimum Gasteiger partial charge on any atom is -0.336 e. The number of fused-ring (bicyclic) bond motifs is 1. The van der Waals surface area contributed by atoms with Crippen LogP contribution in [0.5, 0.6) is 0 Å². The molecule has 80 valence electrons. The van der Waals surface area contributed by atoms with E-state index in [0.717, 1.165) is 24.2 Å². The quantitative estimate of drug-likeness (QED) is 0.773. The normalized spacial score (nSPS) is 15.5. The van der Waals surface area contributed by atoms with Gasteiger partial charge in [-0.25, -0.2) is 4.79 Å². The van der Waals surface area contributed by atoms with Crippen LogP contribution in [0.25, 0.3) is 10.8 Å². The molecule has 0 atom stereocenters. The van der Waals surface area contributed by atoms with Crippen LogP contribution in [0.4, 0.5) is 10.5 Å². The van der Waals surface area contributed by atoms with Crippen molar-refractivity contribution in [2.45, 2.75) is 0 Å². The van der Waals surface area contributed by atoms with Gasteiger partial charge >= 0.3 is 6.03 Å². The number of hydrogen-bond acceptors (Lipinski definition) is 1. The summed E-state index contributed by atoms with van der Waals surface area (Å²) >= 11 is 0. The van der Waals surface area contributed by atoms with Gasteiger partial charge in [0.25, 0.3) is 0 Å². The minimum absolute atomic E-state index is 0.00338. The summed E-state index contributed by atoms with van der Waals surface area (Å²) in [6.07, 6.45) is 0. The monoisotopic (exact) mass is 212 g/mol. The zero-order valence-corrected chi connectivity index (χ0v) is 8.81. The van der Waals surface area contributed by atoms with Gasteiger partial charge < -0.3 is 5.32 Å². The van der Waals surface area contributed by atoms with Crippen molar-refractivity contribution in [2.75, 3.05) is 18.0 Å². The Morgan fingerprint density at radius 3 is 2.69 bits per heavy atom. The van der Waals surface area contributed by atoms with Crippen LogP contribution in [0.1, 0.15) is 0 Å². The number of anilines is 1. The second-order valence-corrected chi connectivity index (χ2v) is 3.88. The standard InChI is InChI=1S/C13H12N2O/c16-13-14-8-9-15(13)12-7-3-5-10-4-1-2-6-11(10)12/h1-7H,8-9H2,(H,14,16). The Balaban J connectivity index is 2.19. The number of nitrogens with zero attached hydrogens (tertiary/aromatic N) is 1. The van der Waals surface area contributed by atoms with E-state index in [0.29, 0.717) is 0 Å². The van der Waals surface area contributed by atoms with Gasteiger partial charge in [0.1, 0.15) is 0 Å². The summed E-state index contributed by atoms with van der Waals surface area (Å²) in [5.41, 5.74) is 0.994. The van der Waals surface area contributed by atoms with Gasteiger partial charge in [-0.05, 0) is 11.5 Å². The van der Waals surface area contributed by atoms with E-state index in [1.807, 2.05) is 24.3 Å². The summed E-state index contributed by atoms with van der Waals surface area (Å²) < 4.78 is 0. The summed E-state index contributed by atoms with van der Waals surface area (Å²) in [5.74, 6) is 0. The molecule has 0 spiro atoms. The molecule has 1 saturated heterocycles. The fourth-order valence-electron chi connectivity index (χ4n) is 2.15. The van der Waals surface area contributed by atoms with Gasteiger partial charge in [-0.3, -0.25) is 4.90 Å². The highest BCUT2D eigenvalue weighted by molar-refractivity contribution is 6.04. The molecule has 0 aromatic heterocycles. The van der Waals surface area contributed by atoms with Gasteiger partial charge in [0.15, 0.2) is 0 Å². The maximum absolute atomic E-state index is 11.6. The van der Waals surface area contributed by atoms with Gasteiger partial charge in [-0.1, -0.05) is 36.4 Å². The number of carbonyl (C=O) groups is 1. The lowest BCUT2D eigenvalue weighted by Crippen LogP contribution is -2.27. The van der Waals surface area contributed by atoms with Gasteiger partial charge in [0, 0.05) is 18.5 Å². The number of carbonyl (C=O) groups excluding carboxylic acids is 1. The molecule has 2 aromatic carbocycles. The van der Waals surface area contributed by atoms with E-state index in [4.69, 9.17) is 0 Å². The fourth-order valence-corrected chi connectivity index (χ4v) is 2.15. The van der Waals surface area contributed by atoms with Crippen molar-refractivity contribution in [2.24, 2.45) is 0 Å². The van der Waals surface area contributed by atoms with Crippen LogP contribution in [0.2, 0.25) is 0 Å². The van der Waals surface area contributed by atoms with E-state index in [-0.39, 0.29) is 6.03 Å². The zero-order valence-electron chi connectivity index (χ0n) is 8.81. The second kappa shape index (κ2) is 3.52. The first kappa shape index (κ1) is 9.21. The summed E-state index contributed by atoms with van der Waals surface area (Å²) in [5, 5.41) is 5.11. The molecular formula is C13H12N2O. The Hall–Kier alpha value is -2.03. The molecule has 2 amide bonds. The molecule has 0 bridgehead atoms. The predicted octanol–water partition coefficient (Wildman–Crippen LogP) is 2.37. The average Bonchev–Trinajstić information content (AvgIpc) is 2.75. The van der Waals surface area contributed by atoms with Crippen molar-refractivity contribution < 1.29 is 4.79 Å². The molecule has 0 saturated carbocycles. The van der Waals surface area contributed by atoms with E-state index in [1.165, 1.54) is 5.39 Å². The Bertz CT molecular complexity index is 545. The number of benzene rings is 2. The highest BCUT2D eigenvalue weighted by atomic mass is 16.2. The highest BCUT2D eigenvalue weighted by Gasteiger charge is 2.22. The van der Waals surface area contributed by atoms with Crippen LogP contribution in [0.3, 0.4) is 0 Å². The number of urea groups is 1. The van der Waals surface area contributed by atoms with Crippen LogP contribution in [0, 0.1) is 0 Å². The summed E-state index contributed by atoms with van der Waals surface area (Å²) in [6, 6.07) is 14.2. The van der Waals surface area contributed by atoms with Crippen LogP contribution < -0.4 is 10.2 Å². The van der Waals surface area contributed by atoms with Crippen LogP contribution >= 0.6 is 0 Å². The van der Waals surface area contributed by atoms with E-state index in [2.05, 4.69) is 23.5 Å². The third-order valence-electron chi connectivity index (χ3n) is 2.91. The Morgan fingerprint density at radius 2 is 1.88 bits per heavy atom. The molecule has 1 heterocycles. The number of nitrogens with one attached hydrogen (secondary N) is 1. The smallest absolute Gasteiger partial charge is 0.322 e. The first-order valence-corrected chi connectivity index (χ1v) is 5.39. The molecule has 16 heavy (non-hydrogen) atoms. The van der Waals surface area contributed by atoms with Gasteiger partial charge in [-0.15, -0.1) is 0 Å². The second-order valence-electron chi connectivity index (χ2n) is 3.88. The maximum atomic E-state index is 11.6. The van der Waals surface area contributed by atoms with Crippen LogP contribution in [-0.4, -0.2) is 19.1 Å². The molecule has 3 nitrogen and oxygen atoms in total. The lowest BCUT2D eigenvalue weighted by Gasteiger charge is -2.16. The number of rotatable bonds is 1. The fraction of sp³-hybridized carbons (Fsp3) is 0.154. The van der Waals surface area contributed by atoms with E-state index < -0.39 is 0 Å².